The first-order valence-electron chi connectivity index (χ1n) is 9.75. The van der Waals surface area contributed by atoms with E-state index in [0.717, 1.165) is 11.1 Å². The Bertz CT molecular complexity index is 1030. The Morgan fingerprint density at radius 3 is 2.40 bits per heavy atom. The molecule has 3 aromatic rings. The molecule has 0 radical (unpaired) electrons. The molecule has 0 bridgehead atoms. The maximum atomic E-state index is 12.4. The quantitative estimate of drug-likeness (QED) is 0.444. The van der Waals surface area contributed by atoms with Gasteiger partial charge in [-0.2, -0.15) is 0 Å². The van der Waals surface area contributed by atoms with Gasteiger partial charge in [-0.05, 0) is 23.3 Å². The van der Waals surface area contributed by atoms with Crippen LogP contribution < -0.4 is 0 Å². The van der Waals surface area contributed by atoms with Gasteiger partial charge in [-0.15, -0.1) is 0 Å². The highest BCUT2D eigenvalue weighted by Crippen LogP contribution is 2.22. The number of furan rings is 1. The second-order valence-corrected chi connectivity index (χ2v) is 7.23. The Kier molecular flexibility index (Phi) is 5.75. The maximum absolute atomic E-state index is 12.4. The third kappa shape index (κ3) is 4.49. The average molecular weight is 403 g/mol. The molecule has 1 atom stereocenters. The molecule has 30 heavy (non-hydrogen) atoms. The van der Waals surface area contributed by atoms with Crippen molar-refractivity contribution >= 4 is 17.7 Å². The molecule has 1 fully saturated rings. The number of hydrogen-bond donors (Lipinski definition) is 0. The minimum atomic E-state index is -0.569. The zero-order valence-electron chi connectivity index (χ0n) is 16.3. The van der Waals surface area contributed by atoms with Crippen molar-refractivity contribution in [2.24, 2.45) is 5.92 Å². The van der Waals surface area contributed by atoms with Crippen LogP contribution >= 0.6 is 0 Å². The number of hydrogen-bond acceptors (Lipinski definition) is 5. The fourth-order valence-electron chi connectivity index (χ4n) is 3.49. The molecule has 4 rings (SSSR count). The Morgan fingerprint density at radius 1 is 0.967 bits per heavy atom. The SMILES string of the molecule is O=C(COC(=O)C1CC(=O)N(Cc2ccco2)C1)c1ccc(-c2ccccc2)cc1. The third-order valence-corrected chi connectivity index (χ3v) is 5.13. The van der Waals surface area contributed by atoms with E-state index in [2.05, 4.69) is 0 Å². The van der Waals surface area contributed by atoms with E-state index in [4.69, 9.17) is 9.15 Å². The van der Waals surface area contributed by atoms with Gasteiger partial charge in [-0.25, -0.2) is 0 Å². The molecule has 2 aromatic carbocycles. The number of Topliss-reactive ketones (excluding diaryl/α,β-unsaturated/α-hetero) is 1. The van der Waals surface area contributed by atoms with E-state index in [-0.39, 0.29) is 31.3 Å². The summed E-state index contributed by atoms with van der Waals surface area (Å²) in [7, 11) is 0. The van der Waals surface area contributed by atoms with Crippen LogP contribution in [0.3, 0.4) is 0 Å². The molecule has 0 N–H and O–H groups in total. The van der Waals surface area contributed by atoms with Crippen LogP contribution in [0.15, 0.2) is 77.4 Å². The summed E-state index contributed by atoms with van der Waals surface area (Å²) in [6, 6.07) is 20.6. The van der Waals surface area contributed by atoms with Gasteiger partial charge in [0.1, 0.15) is 5.76 Å². The first-order valence-corrected chi connectivity index (χ1v) is 9.75. The highest BCUT2D eigenvalue weighted by atomic mass is 16.5. The van der Waals surface area contributed by atoms with Crippen molar-refractivity contribution in [2.45, 2.75) is 13.0 Å². The van der Waals surface area contributed by atoms with E-state index < -0.39 is 11.9 Å². The minimum absolute atomic E-state index is 0.0828. The molecule has 0 aliphatic carbocycles. The second-order valence-electron chi connectivity index (χ2n) is 7.23. The van der Waals surface area contributed by atoms with E-state index in [1.807, 2.05) is 42.5 Å². The Morgan fingerprint density at radius 2 is 1.70 bits per heavy atom. The highest BCUT2D eigenvalue weighted by molar-refractivity contribution is 5.98. The van der Waals surface area contributed by atoms with E-state index in [1.54, 1.807) is 35.4 Å². The van der Waals surface area contributed by atoms with Crippen molar-refractivity contribution in [1.29, 1.82) is 0 Å². The van der Waals surface area contributed by atoms with Crippen molar-refractivity contribution in [3.63, 3.8) is 0 Å². The number of rotatable bonds is 7. The van der Waals surface area contributed by atoms with Crippen molar-refractivity contribution in [3.05, 3.63) is 84.3 Å². The van der Waals surface area contributed by atoms with E-state index in [9.17, 15) is 14.4 Å². The lowest BCUT2D eigenvalue weighted by atomic mass is 10.0. The standard InChI is InChI=1S/C24H21NO5/c26-22(19-10-8-18(9-11-19)17-5-2-1-3-6-17)16-30-24(28)20-13-23(27)25(14-20)15-21-7-4-12-29-21/h1-12,20H,13-16H2. The molecular weight excluding hydrogens is 382 g/mol. The van der Waals surface area contributed by atoms with Gasteiger partial charge in [-0.3, -0.25) is 14.4 Å². The van der Waals surface area contributed by atoms with E-state index in [1.165, 1.54) is 0 Å². The number of likely N-dealkylation sites (tertiary alicyclic amines) is 1. The van der Waals surface area contributed by atoms with Gasteiger partial charge in [0, 0.05) is 18.5 Å². The Labute approximate surface area is 174 Å². The summed E-state index contributed by atoms with van der Waals surface area (Å²) in [6.45, 7) is 0.243. The van der Waals surface area contributed by atoms with Crippen LogP contribution in [0.4, 0.5) is 0 Å². The van der Waals surface area contributed by atoms with Crippen LogP contribution in [-0.2, 0) is 20.9 Å². The van der Waals surface area contributed by atoms with Crippen molar-refractivity contribution in [1.82, 2.24) is 4.90 Å². The van der Waals surface area contributed by atoms with Crippen molar-refractivity contribution < 1.29 is 23.5 Å². The van der Waals surface area contributed by atoms with E-state index >= 15 is 0 Å². The molecular formula is C24H21NO5. The summed E-state index contributed by atoms with van der Waals surface area (Å²) in [4.78, 5) is 38.4. The molecule has 1 saturated heterocycles. The number of carbonyl (C=O) groups excluding carboxylic acids is 3. The molecule has 0 spiro atoms. The van der Waals surface area contributed by atoms with Crippen LogP contribution in [0.2, 0.25) is 0 Å². The third-order valence-electron chi connectivity index (χ3n) is 5.13. The monoisotopic (exact) mass is 403 g/mol. The van der Waals surface area contributed by atoms with Crippen molar-refractivity contribution in [3.8, 4) is 11.1 Å². The van der Waals surface area contributed by atoms with Gasteiger partial charge in [0.05, 0.1) is 18.7 Å². The number of ether oxygens (including phenoxy) is 1. The molecule has 0 saturated carbocycles. The zero-order chi connectivity index (χ0) is 20.9. The molecule has 152 valence electrons. The summed E-state index contributed by atoms with van der Waals surface area (Å²) in [5.41, 5.74) is 2.54. The lowest BCUT2D eigenvalue weighted by molar-refractivity contribution is -0.147. The molecule has 1 aromatic heterocycles. The molecule has 1 aliphatic heterocycles. The molecule has 1 amide bonds. The summed E-state index contributed by atoms with van der Waals surface area (Å²) in [6.07, 6.45) is 1.62. The number of nitrogens with zero attached hydrogens (tertiary/aromatic N) is 1. The molecule has 6 nitrogen and oxygen atoms in total. The van der Waals surface area contributed by atoms with Gasteiger partial charge in [0.2, 0.25) is 5.91 Å². The predicted molar refractivity (Wildman–Crippen MR) is 109 cm³/mol. The largest absolute Gasteiger partial charge is 0.467 e. The summed E-state index contributed by atoms with van der Waals surface area (Å²) < 4.78 is 10.4. The normalized spacial score (nSPS) is 15.9. The second kappa shape index (κ2) is 8.78. The van der Waals surface area contributed by atoms with Crippen LogP contribution in [0.1, 0.15) is 22.5 Å². The first kappa shape index (κ1) is 19.6. The molecule has 1 unspecified atom stereocenters. The molecule has 2 heterocycles. The number of ketones is 1. The predicted octanol–water partition coefficient (Wildman–Crippen LogP) is 3.72. The summed E-state index contributed by atoms with van der Waals surface area (Å²) in [5.74, 6) is -0.845. The lowest BCUT2D eigenvalue weighted by Crippen LogP contribution is -2.27. The summed E-state index contributed by atoms with van der Waals surface area (Å²) >= 11 is 0. The van der Waals surface area contributed by atoms with Crippen LogP contribution in [-0.4, -0.2) is 35.7 Å². The smallest absolute Gasteiger partial charge is 0.311 e. The van der Waals surface area contributed by atoms with Gasteiger partial charge in [0.25, 0.3) is 0 Å². The lowest BCUT2D eigenvalue weighted by Gasteiger charge is -2.14. The fraction of sp³-hybridized carbons (Fsp3) is 0.208. The average Bonchev–Trinajstić information content (AvgIpc) is 3.43. The first-order chi connectivity index (χ1) is 14.6. The van der Waals surface area contributed by atoms with Crippen LogP contribution in [0, 0.1) is 5.92 Å². The Hall–Kier alpha value is -3.67. The molecule has 1 aliphatic rings. The maximum Gasteiger partial charge on any atom is 0.311 e. The van der Waals surface area contributed by atoms with Crippen LogP contribution in [0.25, 0.3) is 11.1 Å². The minimum Gasteiger partial charge on any atom is -0.467 e. The highest BCUT2D eigenvalue weighted by Gasteiger charge is 2.35. The van der Waals surface area contributed by atoms with Gasteiger partial charge >= 0.3 is 5.97 Å². The summed E-state index contributed by atoms with van der Waals surface area (Å²) in [5, 5.41) is 0. The topological polar surface area (TPSA) is 76.8 Å². The van der Waals surface area contributed by atoms with E-state index in [0.29, 0.717) is 17.9 Å². The zero-order valence-corrected chi connectivity index (χ0v) is 16.3. The van der Waals surface area contributed by atoms with Gasteiger partial charge in [0.15, 0.2) is 12.4 Å². The Balaban J connectivity index is 1.29. The molecule has 6 heteroatoms. The van der Waals surface area contributed by atoms with Gasteiger partial charge in [-0.1, -0.05) is 54.6 Å². The van der Waals surface area contributed by atoms with Crippen molar-refractivity contribution in [2.75, 3.05) is 13.2 Å². The van der Waals surface area contributed by atoms with Gasteiger partial charge < -0.3 is 14.1 Å². The number of benzene rings is 2. The number of esters is 1. The fourth-order valence-corrected chi connectivity index (χ4v) is 3.49. The number of carbonyl (C=O) groups is 3. The number of amides is 1. The van der Waals surface area contributed by atoms with Crippen LogP contribution in [0.5, 0.6) is 0 Å².